The molecular formula is C30H45NO2. The van der Waals surface area contributed by atoms with Crippen LogP contribution in [0.3, 0.4) is 0 Å². The van der Waals surface area contributed by atoms with Crippen LogP contribution in [0.2, 0.25) is 0 Å². The van der Waals surface area contributed by atoms with Gasteiger partial charge in [-0.05, 0) is 129 Å². The third-order valence-electron chi connectivity index (χ3n) is 10.4. The second-order valence-corrected chi connectivity index (χ2v) is 12.0. The number of aliphatic hydroxyl groups is 1. The maximum absolute atomic E-state index is 11.1. The maximum atomic E-state index is 11.1. The Morgan fingerprint density at radius 3 is 2.70 bits per heavy atom. The van der Waals surface area contributed by atoms with Gasteiger partial charge in [0.05, 0.1) is 6.10 Å². The quantitative estimate of drug-likeness (QED) is 0.353. The molecule has 1 aromatic carbocycles. The third kappa shape index (κ3) is 4.08. The number of likely N-dealkylation sites (tertiary alicyclic amines) is 1. The Bertz CT molecular complexity index is 846. The molecule has 0 spiro atoms. The van der Waals surface area contributed by atoms with E-state index in [-0.39, 0.29) is 16.9 Å². The number of hydrogen-bond donors (Lipinski definition) is 2. The number of rotatable bonds is 8. The van der Waals surface area contributed by atoms with Crippen LogP contribution in [0, 0.1) is 22.7 Å². The molecule has 2 N–H and O–H groups in total. The van der Waals surface area contributed by atoms with Crippen LogP contribution in [0.4, 0.5) is 0 Å². The van der Waals surface area contributed by atoms with E-state index >= 15 is 0 Å². The van der Waals surface area contributed by atoms with Crippen molar-refractivity contribution in [3.63, 3.8) is 0 Å². The van der Waals surface area contributed by atoms with Crippen LogP contribution >= 0.6 is 0 Å². The summed E-state index contributed by atoms with van der Waals surface area (Å²) in [6.45, 7) is 10.7. The molecule has 6 atom stereocenters. The van der Waals surface area contributed by atoms with E-state index in [0.717, 1.165) is 32.1 Å². The number of nitrogens with zero attached hydrogens (tertiary/aromatic N) is 1. The highest BCUT2D eigenvalue weighted by atomic mass is 16.3. The van der Waals surface area contributed by atoms with Crippen LogP contribution in [0.5, 0.6) is 5.75 Å². The zero-order valence-corrected chi connectivity index (χ0v) is 20.8. The fraction of sp³-hybridized carbons (Fsp3) is 0.733. The summed E-state index contributed by atoms with van der Waals surface area (Å²) in [6, 6.07) is 6.11. The lowest BCUT2D eigenvalue weighted by molar-refractivity contribution is -0.0812. The number of hydrogen-bond acceptors (Lipinski definition) is 3. The first kappa shape index (κ1) is 23.4. The minimum Gasteiger partial charge on any atom is -0.508 e. The molecule has 3 heteroatoms. The van der Waals surface area contributed by atoms with E-state index in [1.165, 1.54) is 75.7 Å². The molecule has 1 aromatic rings. The van der Waals surface area contributed by atoms with Crippen LogP contribution in [-0.4, -0.2) is 40.9 Å². The normalized spacial score (nSPS) is 38.0. The summed E-state index contributed by atoms with van der Waals surface area (Å²) < 4.78 is 0. The SMILES string of the molecule is C=C[C@@]12CCc3cc(O)ccc3C1[C@@H](CCCCCCN1CCCC1)C[C@@]1(C)C2CC[C@@H]1O. The van der Waals surface area contributed by atoms with Gasteiger partial charge in [0.15, 0.2) is 0 Å². The Morgan fingerprint density at radius 2 is 1.91 bits per heavy atom. The predicted molar refractivity (Wildman–Crippen MR) is 136 cm³/mol. The first-order valence-corrected chi connectivity index (χ1v) is 13.8. The molecule has 3 aliphatic carbocycles. The first-order chi connectivity index (χ1) is 16.0. The average molecular weight is 452 g/mol. The van der Waals surface area contributed by atoms with Crippen molar-refractivity contribution in [3.05, 3.63) is 42.0 Å². The Hall–Kier alpha value is -1.32. The van der Waals surface area contributed by atoms with Gasteiger partial charge in [-0.2, -0.15) is 0 Å². The van der Waals surface area contributed by atoms with E-state index in [9.17, 15) is 10.2 Å². The van der Waals surface area contributed by atoms with Crippen molar-refractivity contribution in [2.45, 2.75) is 96.0 Å². The lowest BCUT2D eigenvalue weighted by Crippen LogP contribution is -2.54. The molecule has 0 radical (unpaired) electrons. The number of aryl methyl sites for hydroxylation is 1. The van der Waals surface area contributed by atoms with E-state index in [0.29, 0.717) is 23.5 Å². The summed E-state index contributed by atoms with van der Waals surface area (Å²) in [5.41, 5.74) is 2.89. The van der Waals surface area contributed by atoms with Gasteiger partial charge >= 0.3 is 0 Å². The van der Waals surface area contributed by atoms with Gasteiger partial charge in [-0.15, -0.1) is 6.58 Å². The standard InChI is InChI=1S/C30H45NO2/c1-3-30-16-15-22-20-24(32)11-12-25(22)28(30)23(21-29(2)26(30)13-14-27(29)33)10-6-4-5-7-17-31-18-8-9-19-31/h3,11-12,20,23,26-28,32-33H,1,4-10,13-19,21H2,2H3/t23-,26?,27-,28?,29-,30-/m0/s1. The topological polar surface area (TPSA) is 43.7 Å². The predicted octanol–water partition coefficient (Wildman–Crippen LogP) is 6.44. The number of unbranched alkanes of at least 4 members (excludes halogenated alkanes) is 3. The van der Waals surface area contributed by atoms with Crippen molar-refractivity contribution in [1.82, 2.24) is 4.90 Å². The molecule has 4 aliphatic rings. The molecule has 1 aliphatic heterocycles. The molecular weight excluding hydrogens is 406 g/mol. The molecule has 1 heterocycles. The summed E-state index contributed by atoms with van der Waals surface area (Å²) in [7, 11) is 0. The fourth-order valence-electron chi connectivity index (χ4n) is 8.79. The zero-order chi connectivity index (χ0) is 23.1. The Labute approximate surface area is 201 Å². The van der Waals surface area contributed by atoms with Crippen LogP contribution in [0.1, 0.15) is 94.6 Å². The molecule has 182 valence electrons. The molecule has 3 nitrogen and oxygen atoms in total. The number of phenols is 1. The third-order valence-corrected chi connectivity index (χ3v) is 10.4. The number of allylic oxidation sites excluding steroid dienone is 1. The second kappa shape index (κ2) is 9.38. The summed E-state index contributed by atoms with van der Waals surface area (Å²) in [5.74, 6) is 1.97. The first-order valence-electron chi connectivity index (χ1n) is 13.8. The monoisotopic (exact) mass is 451 g/mol. The largest absolute Gasteiger partial charge is 0.508 e. The summed E-state index contributed by atoms with van der Waals surface area (Å²) in [6.07, 6.45) is 16.8. The van der Waals surface area contributed by atoms with Crippen molar-refractivity contribution < 1.29 is 10.2 Å². The van der Waals surface area contributed by atoms with Crippen molar-refractivity contribution in [3.8, 4) is 5.75 Å². The molecule has 0 aromatic heterocycles. The molecule has 2 saturated carbocycles. The second-order valence-electron chi connectivity index (χ2n) is 12.0. The highest BCUT2D eigenvalue weighted by Gasteiger charge is 2.63. The number of benzene rings is 1. The van der Waals surface area contributed by atoms with Gasteiger partial charge < -0.3 is 15.1 Å². The molecule has 5 rings (SSSR count). The van der Waals surface area contributed by atoms with E-state index in [2.05, 4.69) is 30.5 Å². The number of fused-ring (bicyclic) bond motifs is 5. The van der Waals surface area contributed by atoms with Gasteiger partial charge in [-0.25, -0.2) is 0 Å². The smallest absolute Gasteiger partial charge is 0.115 e. The van der Waals surface area contributed by atoms with Gasteiger partial charge in [-0.3, -0.25) is 0 Å². The molecule has 33 heavy (non-hydrogen) atoms. The Kier molecular flexibility index (Phi) is 6.66. The van der Waals surface area contributed by atoms with E-state index in [4.69, 9.17) is 0 Å². The fourth-order valence-corrected chi connectivity index (χ4v) is 8.79. The summed E-state index contributed by atoms with van der Waals surface area (Å²) in [5, 5.41) is 21.2. The Morgan fingerprint density at radius 1 is 1.12 bits per heavy atom. The molecule has 2 unspecified atom stereocenters. The van der Waals surface area contributed by atoms with Gasteiger partial charge in [-0.1, -0.05) is 38.3 Å². The van der Waals surface area contributed by atoms with Crippen molar-refractivity contribution >= 4 is 0 Å². The number of phenolic OH excluding ortho intramolecular Hbond substituents is 1. The van der Waals surface area contributed by atoms with E-state index in [1.807, 2.05) is 12.1 Å². The average Bonchev–Trinajstić information content (AvgIpc) is 3.43. The summed E-state index contributed by atoms with van der Waals surface area (Å²) in [4.78, 5) is 2.64. The molecule has 0 amide bonds. The summed E-state index contributed by atoms with van der Waals surface area (Å²) >= 11 is 0. The molecule has 0 bridgehead atoms. The lowest BCUT2D eigenvalue weighted by Gasteiger charge is -2.60. The van der Waals surface area contributed by atoms with Gasteiger partial charge in [0.25, 0.3) is 0 Å². The van der Waals surface area contributed by atoms with Gasteiger partial charge in [0.1, 0.15) is 5.75 Å². The number of aromatic hydroxyl groups is 1. The number of aliphatic hydroxyl groups excluding tert-OH is 1. The minimum atomic E-state index is -0.176. The van der Waals surface area contributed by atoms with Crippen molar-refractivity contribution in [2.75, 3.05) is 19.6 Å². The highest BCUT2D eigenvalue weighted by Crippen LogP contribution is 2.69. The highest BCUT2D eigenvalue weighted by molar-refractivity contribution is 5.43. The Balaban J connectivity index is 1.33. The molecule has 3 fully saturated rings. The van der Waals surface area contributed by atoms with E-state index < -0.39 is 0 Å². The maximum Gasteiger partial charge on any atom is 0.115 e. The van der Waals surface area contributed by atoms with Crippen molar-refractivity contribution in [2.24, 2.45) is 22.7 Å². The van der Waals surface area contributed by atoms with Crippen LogP contribution < -0.4 is 0 Å². The van der Waals surface area contributed by atoms with Crippen LogP contribution in [0.25, 0.3) is 0 Å². The molecule has 1 saturated heterocycles. The minimum absolute atomic E-state index is 0.0134. The van der Waals surface area contributed by atoms with Crippen molar-refractivity contribution in [1.29, 1.82) is 0 Å². The van der Waals surface area contributed by atoms with E-state index in [1.54, 1.807) is 0 Å². The zero-order valence-electron chi connectivity index (χ0n) is 20.8. The van der Waals surface area contributed by atoms with Gasteiger partial charge in [0, 0.05) is 0 Å². The van der Waals surface area contributed by atoms with Crippen LogP contribution in [-0.2, 0) is 6.42 Å². The van der Waals surface area contributed by atoms with Crippen LogP contribution in [0.15, 0.2) is 30.9 Å². The van der Waals surface area contributed by atoms with Gasteiger partial charge in [0.2, 0.25) is 0 Å². The lowest BCUT2D eigenvalue weighted by atomic mass is 9.44.